The molecule has 0 radical (unpaired) electrons. The van der Waals surface area contributed by atoms with Gasteiger partial charge in [0.15, 0.2) is 5.82 Å². The third-order valence-electron chi connectivity index (χ3n) is 3.90. The first kappa shape index (κ1) is 12.1. The molecule has 1 aliphatic carbocycles. The van der Waals surface area contributed by atoms with Crippen molar-refractivity contribution in [2.45, 2.75) is 26.8 Å². The molecule has 0 amide bonds. The van der Waals surface area contributed by atoms with E-state index in [1.165, 1.54) is 18.2 Å². The Hall–Kier alpha value is -1.98. The average Bonchev–Trinajstić information content (AvgIpc) is 2.75. The first-order valence-electron chi connectivity index (χ1n) is 6.29. The van der Waals surface area contributed by atoms with Gasteiger partial charge in [0.2, 0.25) is 0 Å². The van der Waals surface area contributed by atoms with Crippen LogP contribution in [0.2, 0.25) is 0 Å². The second-order valence-corrected chi connectivity index (χ2v) is 5.81. The first-order chi connectivity index (χ1) is 8.97. The number of tetrazole rings is 1. The van der Waals surface area contributed by atoms with E-state index in [0.29, 0.717) is 28.4 Å². The van der Waals surface area contributed by atoms with E-state index < -0.39 is 0 Å². The number of hydrogen-bond acceptors (Lipinski definition) is 4. The molecule has 1 atom stereocenters. The van der Waals surface area contributed by atoms with E-state index >= 15 is 0 Å². The lowest BCUT2D eigenvalue weighted by Gasteiger charge is -2.08. The Labute approximate surface area is 110 Å². The summed E-state index contributed by atoms with van der Waals surface area (Å²) in [6, 6.07) is 4.23. The number of nitrogens with two attached hydrogens (primary N) is 1. The topological polar surface area (TPSA) is 69.6 Å². The van der Waals surface area contributed by atoms with Crippen LogP contribution < -0.4 is 5.73 Å². The van der Waals surface area contributed by atoms with E-state index in [9.17, 15) is 4.39 Å². The maximum absolute atomic E-state index is 13.3. The molecule has 1 aromatic heterocycles. The molecule has 2 N–H and O–H groups in total. The van der Waals surface area contributed by atoms with Crippen molar-refractivity contribution in [1.82, 2.24) is 20.2 Å². The zero-order chi connectivity index (χ0) is 13.6. The monoisotopic (exact) mass is 261 g/mol. The maximum atomic E-state index is 13.3. The molecule has 1 heterocycles. The second kappa shape index (κ2) is 4.01. The fraction of sp³-hybridized carbons (Fsp3) is 0.462. The van der Waals surface area contributed by atoms with Gasteiger partial charge in [0.25, 0.3) is 0 Å². The van der Waals surface area contributed by atoms with Gasteiger partial charge in [-0.05, 0) is 46.4 Å². The van der Waals surface area contributed by atoms with Crippen molar-refractivity contribution in [3.8, 4) is 11.4 Å². The van der Waals surface area contributed by atoms with Crippen LogP contribution in [0, 0.1) is 17.2 Å². The number of anilines is 1. The minimum absolute atomic E-state index is 0.342. The Bertz CT molecular complexity index is 619. The Kier molecular flexibility index (Phi) is 2.55. The molecule has 0 spiro atoms. The molecule has 5 nitrogen and oxygen atoms in total. The van der Waals surface area contributed by atoms with Crippen LogP contribution in [-0.4, -0.2) is 20.2 Å². The van der Waals surface area contributed by atoms with Crippen LogP contribution in [0.3, 0.4) is 0 Å². The van der Waals surface area contributed by atoms with Crippen molar-refractivity contribution in [2.24, 2.45) is 11.3 Å². The predicted octanol–water partition coefficient (Wildman–Crippen LogP) is 2.11. The van der Waals surface area contributed by atoms with E-state index in [-0.39, 0.29) is 5.82 Å². The number of nitrogens with zero attached hydrogens (tertiary/aromatic N) is 4. The summed E-state index contributed by atoms with van der Waals surface area (Å²) in [6.07, 6.45) is 1.16. The van der Waals surface area contributed by atoms with Crippen molar-refractivity contribution in [2.75, 3.05) is 5.73 Å². The summed E-state index contributed by atoms with van der Waals surface area (Å²) in [5.74, 6) is 0.745. The predicted molar refractivity (Wildman–Crippen MR) is 69.5 cm³/mol. The van der Waals surface area contributed by atoms with Gasteiger partial charge in [-0.25, -0.2) is 9.07 Å². The van der Waals surface area contributed by atoms with E-state index in [1.54, 1.807) is 4.68 Å². The summed E-state index contributed by atoms with van der Waals surface area (Å²) in [4.78, 5) is 0. The van der Waals surface area contributed by atoms with Gasteiger partial charge in [0.05, 0.1) is 0 Å². The molecule has 1 saturated carbocycles. The molecule has 6 heteroatoms. The molecule has 2 aromatic rings. The molecule has 1 unspecified atom stereocenters. The van der Waals surface area contributed by atoms with Gasteiger partial charge in [0.1, 0.15) is 5.82 Å². The Morgan fingerprint density at radius 1 is 1.47 bits per heavy atom. The molecular formula is C13H16FN5. The van der Waals surface area contributed by atoms with Gasteiger partial charge < -0.3 is 5.73 Å². The van der Waals surface area contributed by atoms with Crippen molar-refractivity contribution in [3.05, 3.63) is 24.0 Å². The highest BCUT2D eigenvalue weighted by molar-refractivity contribution is 5.71. The van der Waals surface area contributed by atoms with E-state index in [2.05, 4.69) is 29.4 Å². The van der Waals surface area contributed by atoms with E-state index in [0.717, 1.165) is 13.0 Å². The van der Waals surface area contributed by atoms with Crippen molar-refractivity contribution < 1.29 is 4.39 Å². The van der Waals surface area contributed by atoms with Gasteiger partial charge in [-0.3, -0.25) is 0 Å². The molecule has 1 aliphatic rings. The Morgan fingerprint density at radius 2 is 2.21 bits per heavy atom. The van der Waals surface area contributed by atoms with Crippen LogP contribution in [0.5, 0.6) is 0 Å². The third-order valence-corrected chi connectivity index (χ3v) is 3.90. The number of rotatable bonds is 3. The summed E-state index contributed by atoms with van der Waals surface area (Å²) in [6.45, 7) is 5.18. The lowest BCUT2D eigenvalue weighted by Crippen LogP contribution is -2.08. The molecule has 3 rings (SSSR count). The van der Waals surface area contributed by atoms with Crippen LogP contribution in [0.1, 0.15) is 20.3 Å². The Morgan fingerprint density at radius 3 is 2.89 bits per heavy atom. The van der Waals surface area contributed by atoms with Crippen LogP contribution in [0.4, 0.5) is 10.1 Å². The maximum Gasteiger partial charge on any atom is 0.184 e. The van der Waals surface area contributed by atoms with Crippen LogP contribution in [-0.2, 0) is 6.54 Å². The van der Waals surface area contributed by atoms with Gasteiger partial charge in [-0.2, -0.15) is 0 Å². The molecule has 1 fully saturated rings. The summed E-state index contributed by atoms with van der Waals surface area (Å²) in [5.41, 5.74) is 7.24. The largest absolute Gasteiger partial charge is 0.398 e. The highest BCUT2D eigenvalue weighted by atomic mass is 19.1. The molecule has 1 aromatic carbocycles. The summed E-state index contributed by atoms with van der Waals surface area (Å²) in [7, 11) is 0. The minimum atomic E-state index is -0.342. The van der Waals surface area contributed by atoms with Gasteiger partial charge >= 0.3 is 0 Å². The fourth-order valence-corrected chi connectivity index (χ4v) is 2.34. The number of aromatic nitrogens is 4. The molecular weight excluding hydrogens is 245 g/mol. The number of nitrogen functional groups attached to an aromatic ring is 1. The van der Waals surface area contributed by atoms with Crippen molar-refractivity contribution >= 4 is 5.69 Å². The SMILES string of the molecule is CC1(C)CC1Cn1nnnc1-c1cc(F)ccc1N. The summed E-state index contributed by atoms with van der Waals surface area (Å²) >= 11 is 0. The van der Waals surface area contributed by atoms with E-state index in [4.69, 9.17) is 5.73 Å². The molecule has 0 saturated heterocycles. The molecule has 19 heavy (non-hydrogen) atoms. The minimum Gasteiger partial charge on any atom is -0.398 e. The zero-order valence-corrected chi connectivity index (χ0v) is 11.0. The summed E-state index contributed by atoms with van der Waals surface area (Å²) < 4.78 is 15.0. The van der Waals surface area contributed by atoms with Crippen molar-refractivity contribution in [3.63, 3.8) is 0 Å². The van der Waals surface area contributed by atoms with E-state index in [1.807, 2.05) is 0 Å². The van der Waals surface area contributed by atoms with Crippen LogP contribution in [0.15, 0.2) is 18.2 Å². The lowest BCUT2D eigenvalue weighted by molar-refractivity contribution is 0.467. The fourth-order valence-electron chi connectivity index (χ4n) is 2.34. The quantitative estimate of drug-likeness (QED) is 0.859. The summed E-state index contributed by atoms with van der Waals surface area (Å²) in [5, 5.41) is 11.6. The van der Waals surface area contributed by atoms with Gasteiger partial charge in [0, 0.05) is 17.8 Å². The second-order valence-electron chi connectivity index (χ2n) is 5.81. The van der Waals surface area contributed by atoms with Crippen molar-refractivity contribution in [1.29, 1.82) is 0 Å². The number of benzene rings is 1. The molecule has 100 valence electrons. The molecule has 0 bridgehead atoms. The highest BCUT2D eigenvalue weighted by Gasteiger charge is 2.46. The number of halogens is 1. The standard InChI is InChI=1S/C13H16FN5/c1-13(2)6-8(13)7-19-12(16-17-18-19)10-5-9(14)3-4-11(10)15/h3-5,8H,6-7,15H2,1-2H3. The third kappa shape index (κ3) is 2.18. The lowest BCUT2D eigenvalue weighted by atomic mass is 10.1. The average molecular weight is 261 g/mol. The van der Waals surface area contributed by atoms with Gasteiger partial charge in [-0.15, -0.1) is 5.10 Å². The van der Waals surface area contributed by atoms with Gasteiger partial charge in [-0.1, -0.05) is 13.8 Å². The first-order valence-corrected chi connectivity index (χ1v) is 6.29. The smallest absolute Gasteiger partial charge is 0.184 e. The van der Waals surface area contributed by atoms with Crippen LogP contribution in [0.25, 0.3) is 11.4 Å². The number of hydrogen-bond donors (Lipinski definition) is 1. The molecule has 0 aliphatic heterocycles. The normalized spacial score (nSPS) is 20.5. The Balaban J connectivity index is 1.93. The van der Waals surface area contributed by atoms with Crippen LogP contribution >= 0.6 is 0 Å². The zero-order valence-electron chi connectivity index (χ0n) is 11.0. The highest BCUT2D eigenvalue weighted by Crippen LogP contribution is 2.52.